The number of ketones is 1. The highest BCUT2D eigenvalue weighted by molar-refractivity contribution is 6.08. The molecule has 1 amide bonds. The fraction of sp³-hybridized carbons (Fsp3) is 0.273. The van der Waals surface area contributed by atoms with Crippen LogP contribution < -0.4 is 14.8 Å². The Morgan fingerprint density at radius 3 is 2.79 bits per heavy atom. The fourth-order valence-corrected chi connectivity index (χ4v) is 3.42. The van der Waals surface area contributed by atoms with Crippen LogP contribution in [-0.2, 0) is 17.9 Å². The van der Waals surface area contributed by atoms with Crippen molar-refractivity contribution in [3.05, 3.63) is 59.8 Å². The minimum Gasteiger partial charge on any atom is -0.454 e. The number of para-hydroxylation sites is 1. The van der Waals surface area contributed by atoms with Crippen LogP contribution in [0.5, 0.6) is 11.5 Å². The summed E-state index contributed by atoms with van der Waals surface area (Å²) in [5.41, 5.74) is 2.51. The lowest BCUT2D eigenvalue weighted by atomic mass is 10.1. The van der Waals surface area contributed by atoms with Crippen LogP contribution in [0.25, 0.3) is 10.9 Å². The number of amides is 1. The zero-order chi connectivity index (χ0) is 19.5. The molecule has 2 heterocycles. The van der Waals surface area contributed by atoms with Crippen molar-refractivity contribution in [3.63, 3.8) is 0 Å². The van der Waals surface area contributed by atoms with Crippen LogP contribution in [0.1, 0.15) is 35.7 Å². The third-order valence-electron chi connectivity index (χ3n) is 4.81. The van der Waals surface area contributed by atoms with Gasteiger partial charge in [-0.05, 0) is 30.2 Å². The first-order valence-corrected chi connectivity index (χ1v) is 9.42. The van der Waals surface area contributed by atoms with E-state index >= 15 is 0 Å². The van der Waals surface area contributed by atoms with Crippen molar-refractivity contribution in [3.8, 4) is 11.5 Å². The van der Waals surface area contributed by atoms with Crippen molar-refractivity contribution in [1.29, 1.82) is 0 Å². The number of Topliss-reactive ketones (excluding diaryl/α,β-unsaturated/α-hetero) is 1. The Kier molecular flexibility index (Phi) is 5.02. The van der Waals surface area contributed by atoms with Crippen LogP contribution in [0.3, 0.4) is 0 Å². The van der Waals surface area contributed by atoms with Gasteiger partial charge in [-0.3, -0.25) is 9.59 Å². The summed E-state index contributed by atoms with van der Waals surface area (Å²) in [6.45, 7) is 2.77. The van der Waals surface area contributed by atoms with E-state index in [1.807, 2.05) is 54.0 Å². The molecule has 1 aliphatic rings. The molecule has 28 heavy (non-hydrogen) atoms. The first-order chi connectivity index (χ1) is 13.7. The average Bonchev–Trinajstić information content (AvgIpc) is 3.31. The zero-order valence-electron chi connectivity index (χ0n) is 15.7. The molecule has 0 unspecified atom stereocenters. The average molecular weight is 378 g/mol. The van der Waals surface area contributed by atoms with E-state index in [4.69, 9.17) is 9.47 Å². The quantitative estimate of drug-likeness (QED) is 0.637. The lowest BCUT2D eigenvalue weighted by Gasteiger charge is -2.08. The van der Waals surface area contributed by atoms with Crippen molar-refractivity contribution < 1.29 is 19.1 Å². The number of benzene rings is 2. The van der Waals surface area contributed by atoms with E-state index in [0.29, 0.717) is 24.3 Å². The number of carbonyl (C=O) groups excluding carboxylic acids is 2. The molecule has 2 aromatic carbocycles. The van der Waals surface area contributed by atoms with Gasteiger partial charge in [0, 0.05) is 35.6 Å². The van der Waals surface area contributed by atoms with Gasteiger partial charge in [-0.15, -0.1) is 0 Å². The Labute approximate surface area is 163 Å². The van der Waals surface area contributed by atoms with Crippen molar-refractivity contribution in [1.82, 2.24) is 9.88 Å². The first-order valence-electron chi connectivity index (χ1n) is 9.42. The molecule has 0 radical (unpaired) electrons. The minimum atomic E-state index is -0.118. The predicted octanol–water partition coefficient (Wildman–Crippen LogP) is 3.67. The Balaban J connectivity index is 1.47. The van der Waals surface area contributed by atoms with Gasteiger partial charge in [0.25, 0.3) is 0 Å². The van der Waals surface area contributed by atoms with E-state index in [1.165, 1.54) is 0 Å². The SMILES string of the molecule is CCCC(=O)c1cn(CC(=O)NCc2ccc3c(c2)OCO3)c2ccccc12. The molecule has 6 heteroatoms. The van der Waals surface area contributed by atoms with Crippen molar-refractivity contribution in [2.24, 2.45) is 0 Å². The van der Waals surface area contributed by atoms with Gasteiger partial charge in [0.1, 0.15) is 6.54 Å². The van der Waals surface area contributed by atoms with E-state index in [0.717, 1.165) is 28.6 Å². The number of fused-ring (bicyclic) bond motifs is 2. The summed E-state index contributed by atoms with van der Waals surface area (Å²) < 4.78 is 12.5. The molecule has 3 aromatic rings. The van der Waals surface area contributed by atoms with Gasteiger partial charge >= 0.3 is 0 Å². The van der Waals surface area contributed by atoms with Gasteiger partial charge in [0.15, 0.2) is 17.3 Å². The smallest absolute Gasteiger partial charge is 0.240 e. The van der Waals surface area contributed by atoms with E-state index in [2.05, 4.69) is 5.32 Å². The Morgan fingerprint density at radius 1 is 1.11 bits per heavy atom. The largest absolute Gasteiger partial charge is 0.454 e. The number of aromatic nitrogens is 1. The molecule has 1 aromatic heterocycles. The highest BCUT2D eigenvalue weighted by Crippen LogP contribution is 2.32. The molecule has 0 saturated carbocycles. The molecular formula is C22H22N2O4. The molecule has 0 atom stereocenters. The normalized spacial score (nSPS) is 12.3. The summed E-state index contributed by atoms with van der Waals surface area (Å²) >= 11 is 0. The van der Waals surface area contributed by atoms with Gasteiger partial charge in [-0.2, -0.15) is 0 Å². The predicted molar refractivity (Wildman–Crippen MR) is 106 cm³/mol. The second-order valence-electron chi connectivity index (χ2n) is 6.83. The highest BCUT2D eigenvalue weighted by atomic mass is 16.7. The number of nitrogens with one attached hydrogen (secondary N) is 1. The van der Waals surface area contributed by atoms with E-state index in [9.17, 15) is 9.59 Å². The molecule has 0 fully saturated rings. The van der Waals surface area contributed by atoms with E-state index in [-0.39, 0.29) is 25.0 Å². The molecule has 0 spiro atoms. The number of carbonyl (C=O) groups is 2. The van der Waals surface area contributed by atoms with Crippen molar-refractivity contribution >= 4 is 22.6 Å². The van der Waals surface area contributed by atoms with E-state index < -0.39 is 0 Å². The number of hydrogen-bond donors (Lipinski definition) is 1. The summed E-state index contributed by atoms with van der Waals surface area (Å²) in [7, 11) is 0. The van der Waals surface area contributed by atoms with Crippen LogP contribution >= 0.6 is 0 Å². The molecule has 0 aliphatic carbocycles. The number of nitrogens with zero attached hydrogens (tertiary/aromatic N) is 1. The third kappa shape index (κ3) is 3.58. The van der Waals surface area contributed by atoms with Gasteiger partial charge in [0.05, 0.1) is 0 Å². The summed E-state index contributed by atoms with van der Waals surface area (Å²) in [5.74, 6) is 1.41. The van der Waals surface area contributed by atoms with Gasteiger partial charge in [0.2, 0.25) is 12.7 Å². The molecule has 1 N–H and O–H groups in total. The summed E-state index contributed by atoms with van der Waals surface area (Å²) in [6.07, 6.45) is 3.10. The Hall–Kier alpha value is -3.28. The third-order valence-corrected chi connectivity index (χ3v) is 4.81. The molecular weight excluding hydrogens is 356 g/mol. The molecule has 1 aliphatic heterocycles. The topological polar surface area (TPSA) is 69.6 Å². The lowest BCUT2D eigenvalue weighted by molar-refractivity contribution is -0.121. The van der Waals surface area contributed by atoms with Crippen LogP contribution in [0.2, 0.25) is 0 Å². The van der Waals surface area contributed by atoms with Crippen molar-refractivity contribution in [2.75, 3.05) is 6.79 Å². The minimum absolute atomic E-state index is 0.109. The van der Waals surface area contributed by atoms with Gasteiger partial charge in [-0.25, -0.2) is 0 Å². The van der Waals surface area contributed by atoms with Crippen molar-refractivity contribution in [2.45, 2.75) is 32.9 Å². The van der Waals surface area contributed by atoms with Crippen LogP contribution in [-0.4, -0.2) is 23.1 Å². The second-order valence-corrected chi connectivity index (χ2v) is 6.83. The number of rotatable bonds is 7. The molecule has 144 valence electrons. The zero-order valence-corrected chi connectivity index (χ0v) is 15.7. The monoisotopic (exact) mass is 378 g/mol. The second kappa shape index (κ2) is 7.76. The van der Waals surface area contributed by atoms with Gasteiger partial charge < -0.3 is 19.4 Å². The van der Waals surface area contributed by atoms with Crippen LogP contribution in [0.4, 0.5) is 0 Å². The first kappa shape index (κ1) is 18.1. The number of hydrogen-bond acceptors (Lipinski definition) is 4. The molecule has 6 nitrogen and oxygen atoms in total. The molecule has 4 rings (SSSR count). The fourth-order valence-electron chi connectivity index (χ4n) is 3.42. The molecule has 0 bridgehead atoms. The van der Waals surface area contributed by atoms with E-state index in [1.54, 1.807) is 6.20 Å². The van der Waals surface area contributed by atoms with Gasteiger partial charge in [-0.1, -0.05) is 31.2 Å². The summed E-state index contributed by atoms with van der Waals surface area (Å²) in [6, 6.07) is 13.3. The standard InChI is InChI=1S/C22H22N2O4/c1-2-5-19(25)17-12-24(18-7-4-3-6-16(17)18)13-22(26)23-11-15-8-9-20-21(10-15)28-14-27-20/h3-4,6-10,12H,2,5,11,13-14H2,1H3,(H,23,26). The maximum Gasteiger partial charge on any atom is 0.240 e. The summed E-state index contributed by atoms with van der Waals surface area (Å²) in [5, 5.41) is 3.82. The van der Waals surface area contributed by atoms with Crippen LogP contribution in [0, 0.1) is 0 Å². The molecule has 0 saturated heterocycles. The number of ether oxygens (including phenoxy) is 2. The Bertz CT molecular complexity index is 1040. The highest BCUT2D eigenvalue weighted by Gasteiger charge is 2.16. The maximum atomic E-state index is 12.5. The maximum absolute atomic E-state index is 12.5. The summed E-state index contributed by atoms with van der Waals surface area (Å²) in [4.78, 5) is 24.9. The Morgan fingerprint density at radius 2 is 1.93 bits per heavy atom. The lowest BCUT2D eigenvalue weighted by Crippen LogP contribution is -2.26. The van der Waals surface area contributed by atoms with Crippen LogP contribution in [0.15, 0.2) is 48.7 Å².